The summed E-state index contributed by atoms with van der Waals surface area (Å²) in [6.45, 7) is 2.85. The fourth-order valence-electron chi connectivity index (χ4n) is 2.16. The summed E-state index contributed by atoms with van der Waals surface area (Å²) in [7, 11) is 0. The molecule has 3 rings (SSSR count). The molecule has 0 radical (unpaired) electrons. The zero-order chi connectivity index (χ0) is 16.4. The van der Waals surface area contributed by atoms with Crippen molar-refractivity contribution in [3.63, 3.8) is 0 Å². The van der Waals surface area contributed by atoms with Crippen LogP contribution in [0, 0.1) is 0 Å². The van der Waals surface area contributed by atoms with Crippen molar-refractivity contribution < 1.29 is 14.3 Å². The quantitative estimate of drug-likeness (QED) is 0.586. The van der Waals surface area contributed by atoms with E-state index in [1.54, 1.807) is 23.5 Å². The number of carbonyl (C=O) groups is 2. The second-order valence-electron chi connectivity index (χ2n) is 5.00. The number of esters is 1. The van der Waals surface area contributed by atoms with Crippen LogP contribution in [0.1, 0.15) is 13.8 Å². The Morgan fingerprint density at radius 1 is 1.09 bits per heavy atom. The van der Waals surface area contributed by atoms with Crippen molar-refractivity contribution in [3.05, 3.63) is 42.5 Å². The van der Waals surface area contributed by atoms with Crippen LogP contribution in [0.2, 0.25) is 0 Å². The number of carbonyl (C=O) groups excluding carboxylic acids is 2. The summed E-state index contributed by atoms with van der Waals surface area (Å²) in [5, 5.41) is 3.63. The van der Waals surface area contributed by atoms with Gasteiger partial charge in [0.25, 0.3) is 0 Å². The lowest BCUT2D eigenvalue weighted by Crippen LogP contribution is -2.05. The molecule has 0 bridgehead atoms. The van der Waals surface area contributed by atoms with Gasteiger partial charge in [0.05, 0.1) is 10.2 Å². The van der Waals surface area contributed by atoms with Gasteiger partial charge >= 0.3 is 5.97 Å². The number of hydrogen-bond donors (Lipinski definition) is 1. The van der Waals surface area contributed by atoms with Gasteiger partial charge in [-0.1, -0.05) is 0 Å². The monoisotopic (exact) mass is 326 g/mol. The van der Waals surface area contributed by atoms with E-state index in [0.717, 1.165) is 26.5 Å². The van der Waals surface area contributed by atoms with Crippen molar-refractivity contribution in [3.8, 4) is 16.3 Å². The molecule has 1 heterocycles. The number of nitrogens with one attached hydrogen (secondary N) is 1. The molecule has 1 N–H and O–H groups in total. The van der Waals surface area contributed by atoms with Crippen molar-refractivity contribution in [2.24, 2.45) is 0 Å². The lowest BCUT2D eigenvalue weighted by atomic mass is 10.2. The van der Waals surface area contributed by atoms with E-state index < -0.39 is 0 Å². The molecule has 0 aliphatic rings. The minimum absolute atomic E-state index is 0.102. The van der Waals surface area contributed by atoms with Gasteiger partial charge in [-0.05, 0) is 42.5 Å². The summed E-state index contributed by atoms with van der Waals surface area (Å²) in [5.41, 5.74) is 2.58. The maximum absolute atomic E-state index is 11.1. The summed E-state index contributed by atoms with van der Waals surface area (Å²) >= 11 is 1.54. The molecule has 0 saturated heterocycles. The van der Waals surface area contributed by atoms with Crippen LogP contribution >= 0.6 is 11.3 Å². The minimum Gasteiger partial charge on any atom is -0.427 e. The fraction of sp³-hybridized carbons (Fsp3) is 0.118. The van der Waals surface area contributed by atoms with Crippen LogP contribution in [0.5, 0.6) is 5.75 Å². The van der Waals surface area contributed by atoms with E-state index >= 15 is 0 Å². The van der Waals surface area contributed by atoms with Crippen LogP contribution < -0.4 is 10.1 Å². The summed E-state index contributed by atoms with van der Waals surface area (Å²) in [5.74, 6) is 0.0636. The minimum atomic E-state index is -0.344. The van der Waals surface area contributed by atoms with Crippen LogP contribution in [0.25, 0.3) is 20.8 Å². The second-order valence-corrected chi connectivity index (χ2v) is 6.03. The van der Waals surface area contributed by atoms with Crippen LogP contribution in [-0.2, 0) is 9.59 Å². The van der Waals surface area contributed by atoms with Gasteiger partial charge in [0, 0.05) is 25.1 Å². The molecule has 0 saturated carbocycles. The first-order valence-electron chi connectivity index (χ1n) is 6.98. The van der Waals surface area contributed by atoms with Crippen LogP contribution in [0.4, 0.5) is 5.69 Å². The lowest BCUT2D eigenvalue weighted by molar-refractivity contribution is -0.131. The van der Waals surface area contributed by atoms with Gasteiger partial charge in [0.15, 0.2) is 0 Å². The number of nitrogens with zero attached hydrogens (tertiary/aromatic N) is 1. The topological polar surface area (TPSA) is 68.3 Å². The Balaban J connectivity index is 1.90. The molecule has 0 fully saturated rings. The normalized spacial score (nSPS) is 10.5. The number of benzene rings is 2. The third-order valence-corrected chi connectivity index (χ3v) is 4.14. The maximum Gasteiger partial charge on any atom is 0.308 e. The van der Waals surface area contributed by atoms with Crippen molar-refractivity contribution in [2.75, 3.05) is 5.32 Å². The molecule has 116 valence electrons. The first-order valence-corrected chi connectivity index (χ1v) is 7.80. The first kappa shape index (κ1) is 15.2. The number of thiazole rings is 1. The van der Waals surface area contributed by atoms with Crippen molar-refractivity contribution in [1.82, 2.24) is 4.98 Å². The molecule has 0 aliphatic carbocycles. The summed E-state index contributed by atoms with van der Waals surface area (Å²) < 4.78 is 6.02. The van der Waals surface area contributed by atoms with E-state index in [4.69, 9.17) is 4.74 Å². The molecular weight excluding hydrogens is 312 g/mol. The van der Waals surface area contributed by atoms with Gasteiger partial charge < -0.3 is 10.1 Å². The Hall–Kier alpha value is -2.73. The highest BCUT2D eigenvalue weighted by Gasteiger charge is 2.08. The first-order chi connectivity index (χ1) is 11.0. The number of rotatable bonds is 3. The Morgan fingerprint density at radius 2 is 1.83 bits per heavy atom. The predicted octanol–water partition coefficient (Wildman–Crippen LogP) is 3.85. The van der Waals surface area contributed by atoms with Gasteiger partial charge in [-0.3, -0.25) is 9.59 Å². The highest BCUT2D eigenvalue weighted by atomic mass is 32.1. The number of anilines is 1. The number of fused-ring (bicyclic) bond motifs is 1. The number of hydrogen-bond acceptors (Lipinski definition) is 5. The molecule has 5 nitrogen and oxygen atoms in total. The molecule has 0 spiro atoms. The molecule has 1 amide bonds. The molecule has 0 aliphatic heterocycles. The average Bonchev–Trinajstić information content (AvgIpc) is 2.90. The van der Waals surface area contributed by atoms with Gasteiger partial charge in [0.1, 0.15) is 10.8 Å². The highest BCUT2D eigenvalue weighted by molar-refractivity contribution is 7.21. The largest absolute Gasteiger partial charge is 0.427 e. The zero-order valence-corrected chi connectivity index (χ0v) is 13.4. The number of ether oxygens (including phenoxy) is 1. The van der Waals surface area contributed by atoms with Crippen LogP contribution in [0.3, 0.4) is 0 Å². The van der Waals surface area contributed by atoms with E-state index in [2.05, 4.69) is 10.3 Å². The van der Waals surface area contributed by atoms with Gasteiger partial charge in [-0.2, -0.15) is 0 Å². The third kappa shape index (κ3) is 3.54. The van der Waals surface area contributed by atoms with E-state index in [-0.39, 0.29) is 11.9 Å². The lowest BCUT2D eigenvalue weighted by Gasteiger charge is -2.01. The van der Waals surface area contributed by atoms with Gasteiger partial charge in [0.2, 0.25) is 5.91 Å². The van der Waals surface area contributed by atoms with Crippen molar-refractivity contribution in [2.45, 2.75) is 13.8 Å². The Kier molecular flexibility index (Phi) is 4.08. The molecule has 0 unspecified atom stereocenters. The highest BCUT2D eigenvalue weighted by Crippen LogP contribution is 2.32. The Labute approximate surface area is 136 Å². The fourth-order valence-corrected chi connectivity index (χ4v) is 3.17. The van der Waals surface area contributed by atoms with Gasteiger partial charge in [-0.25, -0.2) is 4.98 Å². The second kappa shape index (κ2) is 6.18. The molecular formula is C17H14N2O3S. The molecule has 1 aromatic heterocycles. The summed E-state index contributed by atoms with van der Waals surface area (Å²) in [4.78, 5) is 26.6. The van der Waals surface area contributed by atoms with Crippen molar-refractivity contribution >= 4 is 39.1 Å². The van der Waals surface area contributed by atoms with E-state index in [0.29, 0.717) is 5.75 Å². The standard InChI is InChI=1S/C17H14N2O3S/c1-10(20)18-13-5-8-15-16(9-13)23-17(19-15)12-3-6-14(7-4-12)22-11(2)21/h3-9H,1-2H3,(H,18,20). The number of amides is 1. The van der Waals surface area contributed by atoms with E-state index in [1.165, 1.54) is 13.8 Å². The van der Waals surface area contributed by atoms with Gasteiger partial charge in [-0.15, -0.1) is 11.3 Å². The molecule has 6 heteroatoms. The smallest absolute Gasteiger partial charge is 0.308 e. The van der Waals surface area contributed by atoms with Crippen LogP contribution in [-0.4, -0.2) is 16.9 Å². The molecule has 0 atom stereocenters. The maximum atomic E-state index is 11.1. The van der Waals surface area contributed by atoms with E-state index in [9.17, 15) is 9.59 Å². The van der Waals surface area contributed by atoms with E-state index in [1.807, 2.05) is 30.3 Å². The van der Waals surface area contributed by atoms with Crippen LogP contribution in [0.15, 0.2) is 42.5 Å². The molecule has 2 aromatic carbocycles. The third-order valence-electron chi connectivity index (χ3n) is 3.07. The Bertz CT molecular complexity index is 884. The van der Waals surface area contributed by atoms with Crippen molar-refractivity contribution in [1.29, 1.82) is 0 Å². The summed E-state index contributed by atoms with van der Waals surface area (Å²) in [6, 6.07) is 12.8. The predicted molar refractivity (Wildman–Crippen MR) is 90.7 cm³/mol. The molecule has 3 aromatic rings. The molecule has 23 heavy (non-hydrogen) atoms. The number of aromatic nitrogens is 1. The summed E-state index contributed by atoms with van der Waals surface area (Å²) in [6.07, 6.45) is 0. The Morgan fingerprint density at radius 3 is 2.48 bits per heavy atom. The SMILES string of the molecule is CC(=O)Nc1ccc2nc(-c3ccc(OC(C)=O)cc3)sc2c1. The zero-order valence-electron chi connectivity index (χ0n) is 12.6. The average molecular weight is 326 g/mol.